The van der Waals surface area contributed by atoms with Crippen LogP contribution < -0.4 is 10.1 Å². The van der Waals surface area contributed by atoms with Gasteiger partial charge in [-0.15, -0.1) is 0 Å². The van der Waals surface area contributed by atoms with Gasteiger partial charge in [-0.05, 0) is 55.3 Å². The first-order chi connectivity index (χ1) is 16.9. The van der Waals surface area contributed by atoms with Gasteiger partial charge in [0.1, 0.15) is 17.4 Å². The fourth-order valence-corrected chi connectivity index (χ4v) is 5.51. The fraction of sp³-hybridized carbons (Fsp3) is 0.269. The van der Waals surface area contributed by atoms with Crippen LogP contribution in [0, 0.1) is 11.3 Å². The highest BCUT2D eigenvalue weighted by Crippen LogP contribution is 2.28. The van der Waals surface area contributed by atoms with E-state index in [9.17, 15) is 18.5 Å². The lowest BCUT2D eigenvalue weighted by molar-refractivity contribution is -0.117. The Labute approximate surface area is 204 Å². The maximum absolute atomic E-state index is 12.8. The molecule has 0 saturated carbocycles. The first kappa shape index (κ1) is 24.2. The normalized spacial score (nSPS) is 17.0. The van der Waals surface area contributed by atoms with Crippen molar-refractivity contribution in [3.8, 4) is 28.8 Å². The predicted molar refractivity (Wildman–Crippen MR) is 134 cm³/mol. The highest BCUT2D eigenvalue weighted by molar-refractivity contribution is 7.91. The summed E-state index contributed by atoms with van der Waals surface area (Å²) in [5.74, 6) is 0.0754. The Kier molecular flexibility index (Phi) is 7.32. The Bertz CT molecular complexity index is 1370. The molecule has 1 unspecified atom stereocenters. The number of sulfone groups is 1. The van der Waals surface area contributed by atoms with Crippen molar-refractivity contribution in [3.05, 3.63) is 71.9 Å². The van der Waals surface area contributed by atoms with Gasteiger partial charge in [0.15, 0.2) is 9.84 Å². The quantitative estimate of drug-likeness (QED) is 0.382. The van der Waals surface area contributed by atoms with E-state index in [0.717, 1.165) is 23.4 Å². The minimum absolute atomic E-state index is 0.0372. The fourth-order valence-electron chi connectivity index (χ4n) is 3.84. The van der Waals surface area contributed by atoms with Crippen molar-refractivity contribution >= 4 is 21.8 Å². The lowest BCUT2D eigenvalue weighted by atomic mass is 10.1. The Hall–Kier alpha value is -3.90. The molecular formula is C26H26N4O4S. The number of rotatable bonds is 8. The maximum Gasteiger partial charge on any atom is 0.262 e. The van der Waals surface area contributed by atoms with Crippen molar-refractivity contribution in [2.75, 3.05) is 18.1 Å². The van der Waals surface area contributed by atoms with E-state index in [-0.39, 0.29) is 17.1 Å². The second-order valence-electron chi connectivity index (χ2n) is 8.33. The van der Waals surface area contributed by atoms with Crippen molar-refractivity contribution in [1.82, 2.24) is 15.1 Å². The molecule has 1 aliphatic rings. The number of aromatic nitrogens is 2. The summed E-state index contributed by atoms with van der Waals surface area (Å²) in [5, 5.41) is 17.1. The van der Waals surface area contributed by atoms with Gasteiger partial charge in [-0.25, -0.2) is 13.1 Å². The van der Waals surface area contributed by atoms with Gasteiger partial charge >= 0.3 is 0 Å². The minimum atomic E-state index is -3.15. The minimum Gasteiger partial charge on any atom is -0.494 e. The molecule has 3 aromatic rings. The van der Waals surface area contributed by atoms with Crippen molar-refractivity contribution in [1.29, 1.82) is 5.26 Å². The van der Waals surface area contributed by atoms with Crippen molar-refractivity contribution in [3.63, 3.8) is 0 Å². The molecule has 2 aromatic carbocycles. The maximum atomic E-state index is 12.8. The van der Waals surface area contributed by atoms with Gasteiger partial charge in [0.2, 0.25) is 0 Å². The van der Waals surface area contributed by atoms with Crippen LogP contribution in [0.5, 0.6) is 5.75 Å². The summed E-state index contributed by atoms with van der Waals surface area (Å²) in [5.41, 5.74) is 2.69. The number of benzene rings is 2. The van der Waals surface area contributed by atoms with Crippen molar-refractivity contribution in [2.45, 2.75) is 25.8 Å². The molecule has 1 aromatic heterocycles. The Morgan fingerprint density at radius 3 is 2.60 bits per heavy atom. The molecule has 9 heteroatoms. The number of nitriles is 1. The van der Waals surface area contributed by atoms with Crippen molar-refractivity contribution in [2.24, 2.45) is 0 Å². The van der Waals surface area contributed by atoms with E-state index in [1.165, 1.54) is 6.08 Å². The van der Waals surface area contributed by atoms with Crippen molar-refractivity contribution < 1.29 is 17.9 Å². The third-order valence-electron chi connectivity index (χ3n) is 5.60. The third kappa shape index (κ3) is 5.97. The van der Waals surface area contributed by atoms with Crippen LogP contribution in [-0.2, 0) is 14.6 Å². The zero-order valence-corrected chi connectivity index (χ0v) is 20.2. The first-order valence-corrected chi connectivity index (χ1v) is 13.2. The molecule has 0 spiro atoms. The van der Waals surface area contributed by atoms with Gasteiger partial charge in [-0.2, -0.15) is 10.4 Å². The van der Waals surface area contributed by atoms with Crippen LogP contribution in [0.3, 0.4) is 0 Å². The number of para-hydroxylation sites is 1. The summed E-state index contributed by atoms with van der Waals surface area (Å²) in [7, 11) is -3.15. The molecule has 0 aliphatic carbocycles. The predicted octanol–water partition coefficient (Wildman–Crippen LogP) is 3.54. The average Bonchev–Trinajstić information content (AvgIpc) is 3.44. The molecule has 2 heterocycles. The van der Waals surface area contributed by atoms with E-state index >= 15 is 0 Å². The molecule has 1 N–H and O–H groups in total. The highest BCUT2D eigenvalue weighted by atomic mass is 32.2. The Morgan fingerprint density at radius 2 is 1.97 bits per heavy atom. The van der Waals surface area contributed by atoms with Crippen LogP contribution in [0.4, 0.5) is 0 Å². The number of hydrogen-bond acceptors (Lipinski definition) is 6. The molecular weight excluding hydrogens is 464 g/mol. The van der Waals surface area contributed by atoms with Crippen LogP contribution in [-0.4, -0.2) is 48.3 Å². The summed E-state index contributed by atoms with van der Waals surface area (Å²) >= 11 is 0. The number of hydrogen-bond donors (Lipinski definition) is 1. The molecule has 4 rings (SSSR count). The van der Waals surface area contributed by atoms with Crippen LogP contribution in [0.1, 0.15) is 25.3 Å². The second kappa shape index (κ2) is 10.6. The Morgan fingerprint density at radius 1 is 1.23 bits per heavy atom. The van der Waals surface area contributed by atoms with Crippen LogP contribution in [0.15, 0.2) is 66.4 Å². The molecule has 1 aliphatic heterocycles. The van der Waals surface area contributed by atoms with Crippen LogP contribution >= 0.6 is 0 Å². The molecule has 1 fully saturated rings. The van der Waals surface area contributed by atoms with Gasteiger partial charge in [0, 0.05) is 23.4 Å². The lowest BCUT2D eigenvalue weighted by Crippen LogP contribution is -2.36. The molecule has 0 bridgehead atoms. The van der Waals surface area contributed by atoms with E-state index < -0.39 is 21.8 Å². The molecule has 35 heavy (non-hydrogen) atoms. The number of carbonyl (C=O) groups excluding carboxylic acids is 1. The Balaban J connectivity index is 1.68. The smallest absolute Gasteiger partial charge is 0.262 e. The van der Waals surface area contributed by atoms with E-state index in [4.69, 9.17) is 9.84 Å². The second-order valence-corrected chi connectivity index (χ2v) is 10.6. The molecule has 0 radical (unpaired) electrons. The summed E-state index contributed by atoms with van der Waals surface area (Å²) in [4.78, 5) is 12.8. The highest BCUT2D eigenvalue weighted by Gasteiger charge is 2.29. The number of nitrogens with one attached hydrogen (secondary N) is 1. The summed E-state index contributed by atoms with van der Waals surface area (Å²) in [6, 6.07) is 18.5. The number of carbonyl (C=O) groups is 1. The lowest BCUT2D eigenvalue weighted by Gasteiger charge is -2.10. The topological polar surface area (TPSA) is 114 Å². The number of amides is 1. The summed E-state index contributed by atoms with van der Waals surface area (Å²) in [6.45, 7) is 2.66. The van der Waals surface area contributed by atoms with Gasteiger partial charge in [0.05, 0.1) is 29.5 Å². The summed E-state index contributed by atoms with van der Waals surface area (Å²) < 4.78 is 30.8. The molecule has 1 amide bonds. The summed E-state index contributed by atoms with van der Waals surface area (Å²) in [6.07, 6.45) is 4.50. The van der Waals surface area contributed by atoms with E-state index in [0.29, 0.717) is 24.3 Å². The average molecular weight is 491 g/mol. The monoisotopic (exact) mass is 490 g/mol. The zero-order valence-electron chi connectivity index (χ0n) is 19.3. The van der Waals surface area contributed by atoms with E-state index in [1.807, 2.05) is 67.6 Å². The standard InChI is InChI=1S/C26H26N4O4S/c1-2-13-34-24-10-8-19(9-11-24)25-21(17-30(29-25)23-6-4-3-5-7-23)15-20(16-27)26(31)28-22-12-14-35(32,33)18-22/h3-11,15,17,22H,2,12-14,18H2,1H3,(H,28,31)/b20-15-. The molecule has 1 saturated heterocycles. The molecule has 1 atom stereocenters. The van der Waals surface area contributed by atoms with Crippen LogP contribution in [0.2, 0.25) is 0 Å². The number of nitrogens with zero attached hydrogens (tertiary/aromatic N) is 3. The zero-order chi connectivity index (χ0) is 24.8. The first-order valence-electron chi connectivity index (χ1n) is 11.4. The van der Waals surface area contributed by atoms with Crippen LogP contribution in [0.25, 0.3) is 23.0 Å². The van der Waals surface area contributed by atoms with Gasteiger partial charge in [-0.3, -0.25) is 4.79 Å². The molecule has 180 valence electrons. The van der Waals surface area contributed by atoms with Gasteiger partial charge in [-0.1, -0.05) is 25.1 Å². The van der Waals surface area contributed by atoms with Gasteiger partial charge in [0.25, 0.3) is 5.91 Å². The SMILES string of the molecule is CCCOc1ccc(-c2nn(-c3ccccc3)cc2/C=C(/C#N)C(=O)NC2CCS(=O)(=O)C2)cc1. The van der Waals surface area contributed by atoms with E-state index in [2.05, 4.69) is 5.32 Å². The third-order valence-corrected chi connectivity index (χ3v) is 7.36. The number of ether oxygens (including phenoxy) is 1. The van der Waals surface area contributed by atoms with E-state index in [1.54, 1.807) is 10.9 Å². The van der Waals surface area contributed by atoms with Gasteiger partial charge < -0.3 is 10.1 Å². The largest absolute Gasteiger partial charge is 0.494 e. The molecule has 8 nitrogen and oxygen atoms in total.